The molecule has 1 fully saturated rings. The topological polar surface area (TPSA) is 71.2 Å². The predicted molar refractivity (Wildman–Crippen MR) is 110 cm³/mol. The van der Waals surface area contributed by atoms with E-state index in [0.717, 1.165) is 23.1 Å². The lowest BCUT2D eigenvalue weighted by Crippen LogP contribution is -2.45. The van der Waals surface area contributed by atoms with E-state index in [-0.39, 0.29) is 29.9 Å². The van der Waals surface area contributed by atoms with Crippen molar-refractivity contribution in [2.24, 2.45) is 10.7 Å². The van der Waals surface area contributed by atoms with Crippen molar-refractivity contribution >= 4 is 51.8 Å². The van der Waals surface area contributed by atoms with Crippen LogP contribution in [0.2, 0.25) is 0 Å². The molecule has 0 aromatic heterocycles. The number of rotatable bonds is 5. The second-order valence-corrected chi connectivity index (χ2v) is 6.28. The molecule has 134 valence electrons. The number of nitrogens with two attached hydrogens (primary N) is 1. The van der Waals surface area contributed by atoms with Gasteiger partial charge in [0.15, 0.2) is 5.96 Å². The van der Waals surface area contributed by atoms with E-state index in [4.69, 9.17) is 10.5 Å². The van der Waals surface area contributed by atoms with Gasteiger partial charge in [-0.3, -0.25) is 9.79 Å². The average Bonchev–Trinajstić information content (AvgIpc) is 2.57. The molecule has 1 saturated heterocycles. The summed E-state index contributed by atoms with van der Waals surface area (Å²) in [6.45, 7) is 3.83. The number of amides is 1. The molecule has 1 aliphatic rings. The lowest BCUT2D eigenvalue weighted by Gasteiger charge is -2.27. The number of ether oxygens (including phenoxy) is 1. The Hall–Kier alpha value is -0.870. The summed E-state index contributed by atoms with van der Waals surface area (Å²) >= 11 is 3.50. The molecule has 0 saturated carbocycles. The second kappa shape index (κ2) is 10.9. The highest BCUT2D eigenvalue weighted by Gasteiger charge is 2.13. The number of nitrogens with zero attached hydrogens (tertiary/aromatic N) is 3. The number of carbonyl (C=O) groups excluding carboxylic acids is 1. The fourth-order valence-corrected chi connectivity index (χ4v) is 2.73. The zero-order valence-corrected chi connectivity index (χ0v) is 17.7. The number of hydrogen-bond acceptors (Lipinski definition) is 3. The Morgan fingerprint density at radius 3 is 2.71 bits per heavy atom. The van der Waals surface area contributed by atoms with E-state index in [2.05, 4.69) is 20.9 Å². The molecular weight excluding hydrogens is 487 g/mol. The van der Waals surface area contributed by atoms with Gasteiger partial charge in [0.1, 0.15) is 0 Å². The quantitative estimate of drug-likeness (QED) is 0.374. The first-order valence-corrected chi connectivity index (χ1v) is 8.47. The van der Waals surface area contributed by atoms with E-state index in [1.807, 2.05) is 29.2 Å². The molecule has 0 atom stereocenters. The van der Waals surface area contributed by atoms with Crippen LogP contribution in [-0.2, 0) is 16.1 Å². The molecule has 1 aromatic carbocycles. The van der Waals surface area contributed by atoms with Crippen LogP contribution in [0.5, 0.6) is 0 Å². The minimum atomic E-state index is 0. The van der Waals surface area contributed by atoms with Gasteiger partial charge in [-0.25, -0.2) is 0 Å². The van der Waals surface area contributed by atoms with Crippen LogP contribution in [0, 0.1) is 0 Å². The van der Waals surface area contributed by atoms with E-state index >= 15 is 0 Å². The molecule has 6 nitrogen and oxygen atoms in total. The van der Waals surface area contributed by atoms with Gasteiger partial charge in [0.2, 0.25) is 5.91 Å². The molecule has 24 heavy (non-hydrogen) atoms. The van der Waals surface area contributed by atoms with E-state index in [9.17, 15) is 4.79 Å². The summed E-state index contributed by atoms with van der Waals surface area (Å²) in [5.74, 6) is 0.550. The highest BCUT2D eigenvalue weighted by atomic mass is 127. The SMILES string of the molecule is CN(Cc1ccccc1Br)C(=O)CCN=C(N)N1CCOCC1.I. The van der Waals surface area contributed by atoms with Crippen LogP contribution in [0.25, 0.3) is 0 Å². The van der Waals surface area contributed by atoms with Gasteiger partial charge in [0.25, 0.3) is 0 Å². The van der Waals surface area contributed by atoms with E-state index in [0.29, 0.717) is 38.7 Å². The monoisotopic (exact) mass is 510 g/mol. The fourth-order valence-electron chi connectivity index (χ4n) is 2.32. The van der Waals surface area contributed by atoms with Crippen LogP contribution in [0.4, 0.5) is 0 Å². The van der Waals surface area contributed by atoms with Crippen molar-refractivity contribution in [3.63, 3.8) is 0 Å². The third-order valence-electron chi connectivity index (χ3n) is 3.73. The molecule has 1 aromatic rings. The standard InChI is InChI=1S/C16H23BrN4O2.HI/c1-20(12-13-4-2-3-5-14(13)17)15(22)6-7-19-16(18)21-8-10-23-11-9-21;/h2-5H,6-12H2,1H3,(H2,18,19);1H. The molecule has 1 amide bonds. The molecule has 2 rings (SSSR count). The molecule has 0 radical (unpaired) electrons. The summed E-state index contributed by atoms with van der Waals surface area (Å²) in [6, 6.07) is 7.90. The predicted octanol–water partition coefficient (Wildman–Crippen LogP) is 2.06. The molecule has 2 N–H and O–H groups in total. The highest BCUT2D eigenvalue weighted by molar-refractivity contribution is 14.0. The van der Waals surface area contributed by atoms with Gasteiger partial charge in [-0.05, 0) is 11.6 Å². The maximum absolute atomic E-state index is 12.2. The van der Waals surface area contributed by atoms with Crippen LogP contribution < -0.4 is 5.73 Å². The summed E-state index contributed by atoms with van der Waals surface area (Å²) in [6.07, 6.45) is 0.353. The first-order chi connectivity index (χ1) is 11.1. The first kappa shape index (κ1) is 21.2. The van der Waals surface area contributed by atoms with Crippen molar-refractivity contribution < 1.29 is 9.53 Å². The Kier molecular flexibility index (Phi) is 9.60. The number of benzene rings is 1. The minimum Gasteiger partial charge on any atom is -0.378 e. The summed E-state index contributed by atoms with van der Waals surface area (Å²) in [4.78, 5) is 20.2. The van der Waals surface area contributed by atoms with Gasteiger partial charge in [0.05, 0.1) is 19.8 Å². The molecule has 0 spiro atoms. The number of hydrogen-bond donors (Lipinski definition) is 1. The van der Waals surface area contributed by atoms with Gasteiger partial charge >= 0.3 is 0 Å². The van der Waals surface area contributed by atoms with E-state index in [1.54, 1.807) is 11.9 Å². The van der Waals surface area contributed by atoms with Crippen molar-refractivity contribution in [2.75, 3.05) is 39.9 Å². The third-order valence-corrected chi connectivity index (χ3v) is 4.50. The van der Waals surface area contributed by atoms with Crippen molar-refractivity contribution in [1.82, 2.24) is 9.80 Å². The second-order valence-electron chi connectivity index (χ2n) is 5.43. The van der Waals surface area contributed by atoms with Gasteiger partial charge in [-0.2, -0.15) is 0 Å². The van der Waals surface area contributed by atoms with Crippen molar-refractivity contribution in [2.45, 2.75) is 13.0 Å². The molecule has 1 aliphatic heterocycles. The van der Waals surface area contributed by atoms with Gasteiger partial charge in [-0.1, -0.05) is 34.1 Å². The number of morpholine rings is 1. The summed E-state index contributed by atoms with van der Waals surface area (Å²) < 4.78 is 6.28. The number of carbonyl (C=O) groups is 1. The maximum Gasteiger partial charge on any atom is 0.224 e. The third kappa shape index (κ3) is 6.56. The molecule has 8 heteroatoms. The maximum atomic E-state index is 12.2. The van der Waals surface area contributed by atoms with Crippen molar-refractivity contribution in [1.29, 1.82) is 0 Å². The largest absolute Gasteiger partial charge is 0.378 e. The molecule has 0 bridgehead atoms. The van der Waals surface area contributed by atoms with Gasteiger partial charge in [0, 0.05) is 37.6 Å². The van der Waals surface area contributed by atoms with Crippen LogP contribution in [-0.4, -0.2) is 61.6 Å². The summed E-state index contributed by atoms with van der Waals surface area (Å²) in [7, 11) is 1.80. The number of guanidine groups is 1. The smallest absolute Gasteiger partial charge is 0.224 e. The van der Waals surface area contributed by atoms with Crippen molar-refractivity contribution in [3.05, 3.63) is 34.3 Å². The average molecular weight is 511 g/mol. The van der Waals surface area contributed by atoms with E-state index in [1.165, 1.54) is 0 Å². The Bertz CT molecular complexity index is 565. The zero-order chi connectivity index (χ0) is 16.7. The zero-order valence-electron chi connectivity index (χ0n) is 13.8. The van der Waals surface area contributed by atoms with Gasteiger partial charge < -0.3 is 20.3 Å². The Balaban J connectivity index is 0.00000288. The lowest BCUT2D eigenvalue weighted by atomic mass is 10.2. The number of halogens is 2. The molecular formula is C16H24BrIN4O2. The Morgan fingerprint density at radius 1 is 1.38 bits per heavy atom. The van der Waals surface area contributed by atoms with Gasteiger partial charge in [-0.15, -0.1) is 24.0 Å². The normalized spacial score (nSPS) is 14.9. The number of aliphatic imine (C=N–C) groups is 1. The Morgan fingerprint density at radius 2 is 2.04 bits per heavy atom. The summed E-state index contributed by atoms with van der Waals surface area (Å²) in [5, 5.41) is 0. The molecule has 1 heterocycles. The molecule has 0 unspecified atom stereocenters. The van der Waals surface area contributed by atoms with Crippen molar-refractivity contribution in [3.8, 4) is 0 Å². The van der Waals surface area contributed by atoms with Crippen LogP contribution in [0.3, 0.4) is 0 Å². The summed E-state index contributed by atoms with van der Waals surface area (Å²) in [5.41, 5.74) is 7.03. The van der Waals surface area contributed by atoms with Crippen LogP contribution in [0.1, 0.15) is 12.0 Å². The fraction of sp³-hybridized carbons (Fsp3) is 0.500. The van der Waals surface area contributed by atoms with Crippen LogP contribution >= 0.6 is 39.9 Å². The minimum absolute atomic E-state index is 0. The lowest BCUT2D eigenvalue weighted by molar-refractivity contribution is -0.130. The Labute approximate surface area is 168 Å². The van der Waals surface area contributed by atoms with E-state index < -0.39 is 0 Å². The first-order valence-electron chi connectivity index (χ1n) is 7.68. The highest BCUT2D eigenvalue weighted by Crippen LogP contribution is 2.17. The van der Waals surface area contributed by atoms with Crippen LogP contribution in [0.15, 0.2) is 33.7 Å². The molecule has 0 aliphatic carbocycles.